The Hall–Kier alpha value is -2.25. The van der Waals surface area contributed by atoms with Crippen LogP contribution >= 0.6 is 0 Å². The summed E-state index contributed by atoms with van der Waals surface area (Å²) < 4.78 is 31.7. The lowest BCUT2D eigenvalue weighted by Gasteiger charge is -2.21. The zero-order valence-electron chi connectivity index (χ0n) is 11.8. The molecule has 6 nitrogen and oxygen atoms in total. The highest BCUT2D eigenvalue weighted by atomic mass is 32.2. The van der Waals surface area contributed by atoms with Crippen LogP contribution in [-0.2, 0) is 10.0 Å². The van der Waals surface area contributed by atoms with E-state index in [1.165, 1.54) is 24.5 Å². The van der Waals surface area contributed by atoms with Crippen molar-refractivity contribution >= 4 is 21.4 Å². The number of benzene rings is 2. The lowest BCUT2D eigenvalue weighted by atomic mass is 10.3. The molecule has 2 rings (SSSR count). The van der Waals surface area contributed by atoms with Gasteiger partial charge in [-0.3, -0.25) is 10.1 Å². The fourth-order valence-electron chi connectivity index (χ4n) is 1.90. The van der Waals surface area contributed by atoms with Crippen LogP contribution in [0, 0.1) is 0 Å². The molecule has 0 unspecified atom stereocenters. The molecule has 21 heavy (non-hydrogen) atoms. The van der Waals surface area contributed by atoms with Gasteiger partial charge < -0.3 is 10.2 Å². The predicted molar refractivity (Wildman–Crippen MR) is 82.8 cm³/mol. The number of anilines is 2. The van der Waals surface area contributed by atoms with Crippen molar-refractivity contribution in [2.45, 2.75) is 4.90 Å². The summed E-state index contributed by atoms with van der Waals surface area (Å²) in [6.07, 6.45) is 0. The summed E-state index contributed by atoms with van der Waals surface area (Å²) in [4.78, 5) is 0.109. The van der Waals surface area contributed by atoms with E-state index in [4.69, 9.17) is 10.6 Å². The van der Waals surface area contributed by atoms with Crippen molar-refractivity contribution in [2.24, 2.45) is 5.84 Å². The van der Waals surface area contributed by atoms with Crippen LogP contribution in [0.15, 0.2) is 53.4 Å². The van der Waals surface area contributed by atoms with Gasteiger partial charge in [-0.1, -0.05) is 18.2 Å². The number of hydrogen-bond donors (Lipinski definition) is 2. The first-order chi connectivity index (χ1) is 10.0. The average Bonchev–Trinajstić information content (AvgIpc) is 2.54. The van der Waals surface area contributed by atoms with Crippen molar-refractivity contribution in [2.75, 3.05) is 23.9 Å². The summed E-state index contributed by atoms with van der Waals surface area (Å²) in [7, 11) is -0.712. The van der Waals surface area contributed by atoms with E-state index < -0.39 is 10.0 Å². The number of hydrogen-bond acceptors (Lipinski definition) is 5. The third kappa shape index (κ3) is 2.93. The number of para-hydroxylation sites is 1. The molecule has 7 heteroatoms. The Labute approximate surface area is 124 Å². The van der Waals surface area contributed by atoms with Crippen LogP contribution < -0.4 is 20.3 Å². The highest BCUT2D eigenvalue weighted by molar-refractivity contribution is 7.93. The van der Waals surface area contributed by atoms with Gasteiger partial charge in [0.05, 0.1) is 18.5 Å². The molecule has 0 atom stereocenters. The molecule has 112 valence electrons. The number of nitrogens with zero attached hydrogens (tertiary/aromatic N) is 1. The highest BCUT2D eigenvalue weighted by Crippen LogP contribution is 2.28. The Morgan fingerprint density at radius 1 is 1.14 bits per heavy atom. The van der Waals surface area contributed by atoms with Crippen LogP contribution in [0.1, 0.15) is 0 Å². The minimum atomic E-state index is -3.72. The van der Waals surface area contributed by atoms with Crippen LogP contribution in [0.25, 0.3) is 0 Å². The topological polar surface area (TPSA) is 84.7 Å². The molecule has 0 aromatic heterocycles. The van der Waals surface area contributed by atoms with E-state index in [-0.39, 0.29) is 4.90 Å². The van der Waals surface area contributed by atoms with Crippen molar-refractivity contribution < 1.29 is 13.2 Å². The first-order valence-electron chi connectivity index (χ1n) is 6.19. The summed E-state index contributed by atoms with van der Waals surface area (Å²) in [5.74, 6) is 5.96. The second-order valence-corrected chi connectivity index (χ2v) is 6.25. The van der Waals surface area contributed by atoms with Crippen molar-refractivity contribution in [3.8, 4) is 5.75 Å². The molecule has 0 aliphatic rings. The molecule has 0 fully saturated rings. The van der Waals surface area contributed by atoms with Crippen molar-refractivity contribution in [3.05, 3.63) is 48.5 Å². The van der Waals surface area contributed by atoms with Gasteiger partial charge in [-0.05, 0) is 24.3 Å². The monoisotopic (exact) mass is 307 g/mol. The Morgan fingerprint density at radius 2 is 1.86 bits per heavy atom. The molecule has 2 aromatic carbocycles. The molecular weight excluding hydrogens is 290 g/mol. The number of nitrogens with two attached hydrogens (primary N) is 1. The fourth-order valence-corrected chi connectivity index (χ4v) is 3.25. The van der Waals surface area contributed by atoms with E-state index in [0.29, 0.717) is 17.1 Å². The number of sulfonamides is 1. The Bertz CT molecular complexity index is 732. The van der Waals surface area contributed by atoms with Crippen molar-refractivity contribution in [3.63, 3.8) is 0 Å². The Kier molecular flexibility index (Phi) is 4.35. The maximum Gasteiger partial charge on any atom is 0.266 e. The van der Waals surface area contributed by atoms with Crippen molar-refractivity contribution in [1.82, 2.24) is 0 Å². The molecule has 0 amide bonds. The first kappa shape index (κ1) is 15.1. The van der Waals surface area contributed by atoms with Gasteiger partial charge in [0, 0.05) is 13.1 Å². The van der Waals surface area contributed by atoms with Gasteiger partial charge in [-0.25, -0.2) is 8.42 Å². The highest BCUT2D eigenvalue weighted by Gasteiger charge is 2.24. The van der Waals surface area contributed by atoms with E-state index in [1.54, 1.807) is 42.5 Å². The van der Waals surface area contributed by atoms with E-state index in [0.717, 1.165) is 0 Å². The molecule has 0 aliphatic carbocycles. The number of rotatable bonds is 5. The van der Waals surface area contributed by atoms with Gasteiger partial charge in [0.1, 0.15) is 10.6 Å². The SMILES string of the molecule is COc1cccc(N(C)S(=O)(=O)c2ccccc2NN)c1. The molecule has 0 heterocycles. The van der Waals surface area contributed by atoms with Crippen molar-refractivity contribution in [1.29, 1.82) is 0 Å². The summed E-state index contributed by atoms with van der Waals surface area (Å²) in [5, 5.41) is 0. The maximum atomic E-state index is 12.7. The largest absolute Gasteiger partial charge is 0.497 e. The third-order valence-corrected chi connectivity index (χ3v) is 4.94. The third-order valence-electron chi connectivity index (χ3n) is 3.10. The zero-order valence-corrected chi connectivity index (χ0v) is 12.6. The van der Waals surface area contributed by atoms with Crippen LogP contribution in [-0.4, -0.2) is 22.6 Å². The van der Waals surface area contributed by atoms with E-state index in [1.807, 2.05) is 0 Å². The minimum Gasteiger partial charge on any atom is -0.497 e. The number of nitrogens with one attached hydrogen (secondary N) is 1. The average molecular weight is 307 g/mol. The second-order valence-electron chi connectivity index (χ2n) is 4.31. The zero-order chi connectivity index (χ0) is 15.5. The summed E-state index contributed by atoms with van der Waals surface area (Å²) in [6.45, 7) is 0. The van der Waals surface area contributed by atoms with Crippen LogP contribution in [0.2, 0.25) is 0 Å². The summed E-state index contributed by atoms with van der Waals surface area (Å²) in [5.41, 5.74) is 3.24. The Balaban J connectivity index is 2.47. The number of methoxy groups -OCH3 is 1. The van der Waals surface area contributed by atoms with Gasteiger partial charge in [0.15, 0.2) is 0 Å². The fraction of sp³-hybridized carbons (Fsp3) is 0.143. The molecular formula is C14H17N3O3S. The van der Waals surface area contributed by atoms with Crippen LogP contribution in [0.3, 0.4) is 0 Å². The number of hydrazine groups is 1. The predicted octanol–water partition coefficient (Wildman–Crippen LogP) is 1.81. The lowest BCUT2D eigenvalue weighted by Crippen LogP contribution is -2.27. The molecule has 0 saturated carbocycles. The van der Waals surface area contributed by atoms with Gasteiger partial charge in [-0.2, -0.15) is 0 Å². The summed E-state index contributed by atoms with van der Waals surface area (Å²) >= 11 is 0. The van der Waals surface area contributed by atoms with Crippen LogP contribution in [0.4, 0.5) is 11.4 Å². The molecule has 3 N–H and O–H groups in total. The first-order valence-corrected chi connectivity index (χ1v) is 7.63. The standard InChI is InChI=1S/C14H17N3O3S/c1-17(11-6-5-7-12(10-11)20-2)21(18,19)14-9-4-3-8-13(14)16-15/h3-10,16H,15H2,1-2H3. The van der Waals surface area contributed by atoms with Gasteiger partial charge in [-0.15, -0.1) is 0 Å². The molecule has 0 bridgehead atoms. The Morgan fingerprint density at radius 3 is 2.52 bits per heavy atom. The molecule has 0 radical (unpaired) electrons. The molecule has 0 spiro atoms. The molecule has 2 aromatic rings. The van der Waals surface area contributed by atoms with E-state index >= 15 is 0 Å². The quantitative estimate of drug-likeness (QED) is 0.650. The maximum absolute atomic E-state index is 12.7. The van der Waals surface area contributed by atoms with E-state index in [2.05, 4.69) is 5.43 Å². The second kappa shape index (κ2) is 6.02. The minimum absolute atomic E-state index is 0.109. The van der Waals surface area contributed by atoms with E-state index in [9.17, 15) is 8.42 Å². The normalized spacial score (nSPS) is 11.0. The molecule has 0 aliphatic heterocycles. The van der Waals surface area contributed by atoms with Gasteiger partial charge in [0.25, 0.3) is 10.0 Å². The number of ether oxygens (including phenoxy) is 1. The van der Waals surface area contributed by atoms with Gasteiger partial charge >= 0.3 is 0 Å². The summed E-state index contributed by atoms with van der Waals surface area (Å²) in [6, 6.07) is 13.3. The smallest absolute Gasteiger partial charge is 0.266 e. The lowest BCUT2D eigenvalue weighted by molar-refractivity contribution is 0.415. The van der Waals surface area contributed by atoms with Crippen LogP contribution in [0.5, 0.6) is 5.75 Å². The molecule has 0 saturated heterocycles. The van der Waals surface area contributed by atoms with Gasteiger partial charge in [0.2, 0.25) is 0 Å². The number of nitrogen functional groups attached to an aromatic ring is 1.